The minimum absolute atomic E-state index is 0.719. The smallest absolute Gasteiger partial charge is 0.168 e. The zero-order chi connectivity index (χ0) is 22.5. The number of halogens is 1. The van der Waals surface area contributed by atoms with Crippen LogP contribution in [0.15, 0.2) is 74.9 Å². The molecule has 33 heavy (non-hydrogen) atoms. The first kappa shape index (κ1) is 20.1. The SMILES string of the molecule is Cc1cc(C)n2nc(Nc3ccccc3)c(-c3nc(-c4cc5cc(Br)ccc5o4)cs3)c2n1. The molecule has 0 spiro atoms. The topological polar surface area (TPSA) is 68.2 Å². The maximum absolute atomic E-state index is 6.06. The lowest BCUT2D eigenvalue weighted by atomic mass is 10.2. The van der Waals surface area contributed by atoms with Crippen LogP contribution < -0.4 is 5.32 Å². The number of furan rings is 1. The van der Waals surface area contributed by atoms with Crippen molar-refractivity contribution in [1.29, 1.82) is 0 Å². The van der Waals surface area contributed by atoms with Gasteiger partial charge in [-0.1, -0.05) is 34.1 Å². The highest BCUT2D eigenvalue weighted by Gasteiger charge is 2.22. The third kappa shape index (κ3) is 3.61. The number of hydrogen-bond acceptors (Lipinski definition) is 6. The van der Waals surface area contributed by atoms with E-state index in [1.807, 2.05) is 84.4 Å². The van der Waals surface area contributed by atoms with Gasteiger partial charge in [0.2, 0.25) is 0 Å². The van der Waals surface area contributed by atoms with E-state index in [9.17, 15) is 0 Å². The molecule has 6 aromatic rings. The van der Waals surface area contributed by atoms with E-state index in [0.717, 1.165) is 66.0 Å². The Balaban J connectivity index is 1.50. The molecule has 0 saturated carbocycles. The molecule has 6 nitrogen and oxygen atoms in total. The summed E-state index contributed by atoms with van der Waals surface area (Å²) >= 11 is 5.07. The Morgan fingerprint density at radius 2 is 1.85 bits per heavy atom. The monoisotopic (exact) mass is 515 g/mol. The predicted octanol–water partition coefficient (Wildman–Crippen LogP) is 7.39. The summed E-state index contributed by atoms with van der Waals surface area (Å²) in [5.41, 5.74) is 6.18. The van der Waals surface area contributed by atoms with Crippen LogP contribution in [0.2, 0.25) is 0 Å². The maximum atomic E-state index is 6.06. The number of hydrogen-bond donors (Lipinski definition) is 1. The molecule has 4 aromatic heterocycles. The minimum atomic E-state index is 0.719. The molecule has 0 amide bonds. The predicted molar refractivity (Wildman–Crippen MR) is 136 cm³/mol. The van der Waals surface area contributed by atoms with Gasteiger partial charge >= 0.3 is 0 Å². The standard InChI is InChI=1S/C25H18BrN5OS/c1-14-10-15(2)31-24(27-14)22(23(30-31)28-18-6-4-3-5-7-18)25-29-19(13-33-25)21-12-16-11-17(26)8-9-20(16)32-21/h3-13H,1-2H3,(H,28,30). The largest absolute Gasteiger partial charge is 0.454 e. The number of nitrogens with zero attached hydrogens (tertiary/aromatic N) is 4. The number of nitrogens with one attached hydrogen (secondary N) is 1. The second-order valence-corrected chi connectivity index (χ2v) is 9.59. The van der Waals surface area contributed by atoms with Crippen molar-refractivity contribution in [3.63, 3.8) is 0 Å². The van der Waals surface area contributed by atoms with Crippen LogP contribution in [-0.4, -0.2) is 19.6 Å². The fraction of sp³-hybridized carbons (Fsp3) is 0.0800. The van der Waals surface area contributed by atoms with E-state index >= 15 is 0 Å². The third-order valence-corrected chi connectivity index (χ3v) is 6.73. The molecule has 0 fully saturated rings. The third-order valence-electron chi connectivity index (χ3n) is 5.38. The number of para-hydroxylation sites is 1. The average molecular weight is 516 g/mol. The summed E-state index contributed by atoms with van der Waals surface area (Å²) in [4.78, 5) is 9.73. The Hall–Kier alpha value is -3.49. The molecule has 2 aromatic carbocycles. The molecule has 0 aliphatic rings. The molecule has 0 aliphatic carbocycles. The molecule has 162 valence electrons. The first-order chi connectivity index (χ1) is 16.0. The highest BCUT2D eigenvalue weighted by Crippen LogP contribution is 2.38. The zero-order valence-electron chi connectivity index (χ0n) is 17.8. The van der Waals surface area contributed by atoms with Crippen LogP contribution in [-0.2, 0) is 0 Å². The minimum Gasteiger partial charge on any atom is -0.454 e. The normalized spacial score (nSPS) is 11.5. The van der Waals surface area contributed by atoms with Crippen LogP contribution >= 0.6 is 27.3 Å². The zero-order valence-corrected chi connectivity index (χ0v) is 20.2. The van der Waals surface area contributed by atoms with Crippen LogP contribution in [0.4, 0.5) is 11.5 Å². The van der Waals surface area contributed by atoms with E-state index < -0.39 is 0 Å². The van der Waals surface area contributed by atoms with Gasteiger partial charge in [0.25, 0.3) is 0 Å². The summed E-state index contributed by atoms with van der Waals surface area (Å²) < 4.78 is 8.95. The maximum Gasteiger partial charge on any atom is 0.168 e. The number of thiazole rings is 1. The number of aromatic nitrogens is 4. The summed E-state index contributed by atoms with van der Waals surface area (Å²) in [6.07, 6.45) is 0. The van der Waals surface area contributed by atoms with Gasteiger partial charge < -0.3 is 9.73 Å². The number of aryl methyl sites for hydroxylation is 2. The van der Waals surface area contributed by atoms with Gasteiger partial charge in [-0.2, -0.15) is 0 Å². The molecular weight excluding hydrogens is 498 g/mol. The van der Waals surface area contributed by atoms with Gasteiger partial charge in [-0.05, 0) is 56.3 Å². The summed E-state index contributed by atoms with van der Waals surface area (Å²) in [5.74, 6) is 1.46. The van der Waals surface area contributed by atoms with Gasteiger partial charge in [-0.3, -0.25) is 0 Å². The van der Waals surface area contributed by atoms with Crippen molar-refractivity contribution < 1.29 is 4.42 Å². The fourth-order valence-corrected chi connectivity index (χ4v) is 5.13. The quantitative estimate of drug-likeness (QED) is 0.265. The molecular formula is C25H18BrN5OS. The van der Waals surface area contributed by atoms with Gasteiger partial charge in [-0.15, -0.1) is 16.4 Å². The van der Waals surface area contributed by atoms with Crippen LogP contribution in [0, 0.1) is 13.8 Å². The Morgan fingerprint density at radius 3 is 2.70 bits per heavy atom. The molecule has 0 bridgehead atoms. The lowest BCUT2D eigenvalue weighted by molar-refractivity contribution is 0.629. The van der Waals surface area contributed by atoms with E-state index in [2.05, 4.69) is 21.2 Å². The van der Waals surface area contributed by atoms with Crippen molar-refractivity contribution in [3.05, 3.63) is 81.9 Å². The highest BCUT2D eigenvalue weighted by molar-refractivity contribution is 9.10. The van der Waals surface area contributed by atoms with Crippen molar-refractivity contribution in [2.24, 2.45) is 0 Å². The van der Waals surface area contributed by atoms with Crippen molar-refractivity contribution in [3.8, 4) is 22.0 Å². The molecule has 0 aliphatic heterocycles. The van der Waals surface area contributed by atoms with E-state index in [0.29, 0.717) is 0 Å². The summed E-state index contributed by atoms with van der Waals surface area (Å²) in [6, 6.07) is 20.0. The van der Waals surface area contributed by atoms with Gasteiger partial charge in [-0.25, -0.2) is 14.5 Å². The number of anilines is 2. The van der Waals surface area contributed by atoms with Crippen molar-refractivity contribution >= 4 is 55.4 Å². The van der Waals surface area contributed by atoms with Crippen LogP contribution in [0.25, 0.3) is 38.6 Å². The summed E-state index contributed by atoms with van der Waals surface area (Å²) in [7, 11) is 0. The van der Waals surface area contributed by atoms with E-state index in [4.69, 9.17) is 19.5 Å². The molecule has 8 heteroatoms. The molecule has 4 heterocycles. The molecule has 0 radical (unpaired) electrons. The van der Waals surface area contributed by atoms with Crippen LogP contribution in [0.1, 0.15) is 11.4 Å². The first-order valence-corrected chi connectivity index (χ1v) is 12.1. The van der Waals surface area contributed by atoms with E-state index in [1.54, 1.807) is 11.3 Å². The Bertz CT molecular complexity index is 1630. The van der Waals surface area contributed by atoms with Crippen molar-refractivity contribution in [2.75, 3.05) is 5.32 Å². The first-order valence-electron chi connectivity index (χ1n) is 10.4. The van der Waals surface area contributed by atoms with Crippen LogP contribution in [0.5, 0.6) is 0 Å². The second-order valence-electron chi connectivity index (χ2n) is 7.82. The number of benzene rings is 2. The Kier molecular flexibility index (Phi) is 4.78. The van der Waals surface area contributed by atoms with Crippen molar-refractivity contribution in [1.82, 2.24) is 19.6 Å². The highest BCUT2D eigenvalue weighted by atomic mass is 79.9. The summed E-state index contributed by atoms with van der Waals surface area (Å²) in [5, 5.41) is 12.2. The average Bonchev–Trinajstić information content (AvgIpc) is 3.50. The number of rotatable bonds is 4. The summed E-state index contributed by atoms with van der Waals surface area (Å²) in [6.45, 7) is 4.03. The Morgan fingerprint density at radius 1 is 1.00 bits per heavy atom. The lowest BCUT2D eigenvalue weighted by Crippen LogP contribution is -1.97. The fourth-order valence-electron chi connectivity index (χ4n) is 3.91. The van der Waals surface area contributed by atoms with Gasteiger partial charge in [0.05, 0.1) is 5.56 Å². The Labute approximate surface area is 202 Å². The van der Waals surface area contributed by atoms with Gasteiger partial charge in [0, 0.05) is 32.3 Å². The van der Waals surface area contributed by atoms with Crippen LogP contribution in [0.3, 0.4) is 0 Å². The molecule has 0 saturated heterocycles. The van der Waals surface area contributed by atoms with Gasteiger partial charge in [0.1, 0.15) is 16.3 Å². The van der Waals surface area contributed by atoms with E-state index in [1.165, 1.54) is 0 Å². The van der Waals surface area contributed by atoms with E-state index in [-0.39, 0.29) is 0 Å². The second kappa shape index (κ2) is 7.83. The molecule has 0 atom stereocenters. The molecule has 1 N–H and O–H groups in total. The lowest BCUT2D eigenvalue weighted by Gasteiger charge is -2.04. The molecule has 0 unspecified atom stereocenters. The van der Waals surface area contributed by atoms with Crippen molar-refractivity contribution in [2.45, 2.75) is 13.8 Å². The molecule has 6 rings (SSSR count). The van der Waals surface area contributed by atoms with Gasteiger partial charge in [0.15, 0.2) is 17.2 Å². The number of fused-ring (bicyclic) bond motifs is 2.